The number of amides is 1. The van der Waals surface area contributed by atoms with Crippen molar-refractivity contribution in [2.24, 2.45) is 5.73 Å². The van der Waals surface area contributed by atoms with Crippen LogP contribution in [0.2, 0.25) is 0 Å². The monoisotopic (exact) mass is 420 g/mol. The maximum atomic E-state index is 13.0. The van der Waals surface area contributed by atoms with Crippen LogP contribution in [-0.2, 0) is 23.2 Å². The van der Waals surface area contributed by atoms with Gasteiger partial charge in [0.05, 0.1) is 14.2 Å². The summed E-state index contributed by atoms with van der Waals surface area (Å²) in [6.45, 7) is 0.551. The summed E-state index contributed by atoms with van der Waals surface area (Å²) in [6, 6.07) is 13.2. The molecule has 0 fully saturated rings. The Morgan fingerprint density at radius 3 is 2.45 bits per heavy atom. The van der Waals surface area contributed by atoms with Crippen LogP contribution in [0.4, 0.5) is 0 Å². The quantitative estimate of drug-likeness (QED) is 0.495. The molecule has 2 aromatic heterocycles. The first kappa shape index (κ1) is 22.2. The third-order valence-electron chi connectivity index (χ3n) is 5.39. The molecule has 162 valence electrons. The van der Waals surface area contributed by atoms with E-state index in [0.29, 0.717) is 36.4 Å². The Morgan fingerprint density at radius 2 is 1.81 bits per heavy atom. The van der Waals surface area contributed by atoms with Crippen molar-refractivity contribution in [3.05, 3.63) is 83.9 Å². The summed E-state index contributed by atoms with van der Waals surface area (Å²) < 4.78 is 10.9. The van der Waals surface area contributed by atoms with Crippen LogP contribution in [0.1, 0.15) is 23.1 Å². The van der Waals surface area contributed by atoms with Gasteiger partial charge in [0.25, 0.3) is 0 Å². The highest BCUT2D eigenvalue weighted by atomic mass is 16.5. The summed E-state index contributed by atoms with van der Waals surface area (Å²) >= 11 is 0. The van der Waals surface area contributed by atoms with Gasteiger partial charge >= 0.3 is 0 Å². The number of carbonyl (C=O) groups is 1. The fraction of sp³-hybridized carbons (Fsp3) is 0.292. The largest absolute Gasteiger partial charge is 0.497 e. The second kappa shape index (κ2) is 10.5. The Labute approximate surface area is 182 Å². The van der Waals surface area contributed by atoms with Crippen molar-refractivity contribution in [1.29, 1.82) is 0 Å². The van der Waals surface area contributed by atoms with Crippen molar-refractivity contribution in [2.45, 2.75) is 24.8 Å². The van der Waals surface area contributed by atoms with Crippen molar-refractivity contribution >= 4 is 5.91 Å². The van der Waals surface area contributed by atoms with Crippen molar-refractivity contribution in [1.82, 2.24) is 15.3 Å². The molecule has 0 spiro atoms. The van der Waals surface area contributed by atoms with Crippen LogP contribution in [0, 0.1) is 0 Å². The van der Waals surface area contributed by atoms with Gasteiger partial charge < -0.3 is 15.2 Å². The van der Waals surface area contributed by atoms with E-state index in [2.05, 4.69) is 15.3 Å². The minimum Gasteiger partial charge on any atom is -0.497 e. The standard InChI is InChI=1S/C24H28N4O3/c1-30-20-5-6-21(22(16-20)31-2)24(23(25)29,11-7-19-4-3-12-27-17-19)28-15-10-18-8-13-26-14-9-18/h3-6,8-9,12-14,16-17,28H,7,10-11,15H2,1-2H3,(H2,25,29). The number of methoxy groups -OCH3 is 2. The molecular weight excluding hydrogens is 392 g/mol. The molecule has 2 heterocycles. The summed E-state index contributed by atoms with van der Waals surface area (Å²) in [7, 11) is 3.16. The lowest BCUT2D eigenvalue weighted by atomic mass is 9.82. The molecule has 0 aliphatic carbocycles. The molecule has 1 atom stereocenters. The molecule has 0 aliphatic heterocycles. The van der Waals surface area contributed by atoms with Crippen molar-refractivity contribution < 1.29 is 14.3 Å². The molecular formula is C24H28N4O3. The van der Waals surface area contributed by atoms with Gasteiger partial charge in [-0.1, -0.05) is 6.07 Å². The van der Waals surface area contributed by atoms with Gasteiger partial charge in [0.15, 0.2) is 0 Å². The summed E-state index contributed by atoms with van der Waals surface area (Å²) in [5.74, 6) is 0.721. The summed E-state index contributed by atoms with van der Waals surface area (Å²) in [6.07, 6.45) is 8.83. The number of primary amides is 1. The molecule has 1 unspecified atom stereocenters. The van der Waals surface area contributed by atoms with Gasteiger partial charge in [0.2, 0.25) is 5.91 Å². The highest BCUT2D eigenvalue weighted by Crippen LogP contribution is 2.36. The number of nitrogens with zero attached hydrogens (tertiary/aromatic N) is 2. The third kappa shape index (κ3) is 5.38. The third-order valence-corrected chi connectivity index (χ3v) is 5.39. The van der Waals surface area contributed by atoms with Crippen LogP contribution in [-0.4, -0.2) is 36.6 Å². The zero-order valence-electron chi connectivity index (χ0n) is 17.9. The number of aryl methyl sites for hydroxylation is 1. The number of carbonyl (C=O) groups excluding carboxylic acids is 1. The molecule has 7 nitrogen and oxygen atoms in total. The Kier molecular flexibility index (Phi) is 7.56. The SMILES string of the molecule is COc1ccc(C(CCc2cccnc2)(NCCc2ccncc2)C(N)=O)c(OC)c1. The Morgan fingerprint density at radius 1 is 1.00 bits per heavy atom. The van der Waals surface area contributed by atoms with Gasteiger partial charge in [0.1, 0.15) is 17.0 Å². The van der Waals surface area contributed by atoms with E-state index < -0.39 is 11.4 Å². The van der Waals surface area contributed by atoms with Gasteiger partial charge in [0, 0.05) is 43.0 Å². The number of hydrogen-bond donors (Lipinski definition) is 2. The normalized spacial score (nSPS) is 12.7. The molecule has 0 radical (unpaired) electrons. The number of benzene rings is 1. The molecule has 0 aliphatic rings. The van der Waals surface area contributed by atoms with E-state index in [-0.39, 0.29) is 0 Å². The van der Waals surface area contributed by atoms with E-state index >= 15 is 0 Å². The smallest absolute Gasteiger partial charge is 0.242 e. The fourth-order valence-corrected chi connectivity index (χ4v) is 3.66. The number of hydrogen-bond acceptors (Lipinski definition) is 6. The second-order valence-electron chi connectivity index (χ2n) is 7.23. The summed E-state index contributed by atoms with van der Waals surface area (Å²) in [5.41, 5.74) is 7.73. The van der Waals surface area contributed by atoms with Crippen LogP contribution in [0.15, 0.2) is 67.3 Å². The van der Waals surface area contributed by atoms with Crippen molar-refractivity contribution in [3.63, 3.8) is 0 Å². The van der Waals surface area contributed by atoms with Crippen LogP contribution >= 0.6 is 0 Å². The first-order chi connectivity index (χ1) is 15.1. The molecule has 3 aromatic rings. The lowest BCUT2D eigenvalue weighted by Crippen LogP contribution is -2.53. The Hall–Kier alpha value is -3.45. The van der Waals surface area contributed by atoms with Crippen LogP contribution in [0.25, 0.3) is 0 Å². The second-order valence-corrected chi connectivity index (χ2v) is 7.23. The van der Waals surface area contributed by atoms with Crippen molar-refractivity contribution in [2.75, 3.05) is 20.8 Å². The molecule has 1 amide bonds. The maximum Gasteiger partial charge on any atom is 0.242 e. The molecule has 7 heteroatoms. The average molecular weight is 421 g/mol. The number of nitrogens with two attached hydrogens (primary N) is 1. The lowest BCUT2D eigenvalue weighted by Gasteiger charge is -2.34. The molecule has 0 bridgehead atoms. The maximum absolute atomic E-state index is 13.0. The number of rotatable bonds is 11. The van der Waals surface area contributed by atoms with Crippen LogP contribution in [0.5, 0.6) is 11.5 Å². The number of pyridine rings is 2. The molecule has 31 heavy (non-hydrogen) atoms. The van der Waals surface area contributed by atoms with Crippen molar-refractivity contribution in [3.8, 4) is 11.5 Å². The molecule has 0 saturated heterocycles. The highest BCUT2D eigenvalue weighted by molar-refractivity contribution is 5.87. The number of aromatic nitrogens is 2. The number of ether oxygens (including phenoxy) is 2. The average Bonchev–Trinajstić information content (AvgIpc) is 2.82. The van der Waals surface area contributed by atoms with Crippen LogP contribution in [0.3, 0.4) is 0 Å². The predicted molar refractivity (Wildman–Crippen MR) is 119 cm³/mol. The minimum absolute atomic E-state index is 0.451. The zero-order valence-corrected chi connectivity index (χ0v) is 17.9. The van der Waals surface area contributed by atoms with Gasteiger partial charge in [-0.15, -0.1) is 0 Å². The first-order valence-electron chi connectivity index (χ1n) is 10.1. The van der Waals surface area contributed by atoms with E-state index in [4.69, 9.17) is 15.2 Å². The molecule has 3 N–H and O–H groups in total. The fourth-order valence-electron chi connectivity index (χ4n) is 3.66. The molecule has 1 aromatic carbocycles. The first-order valence-corrected chi connectivity index (χ1v) is 10.1. The summed E-state index contributed by atoms with van der Waals surface area (Å²) in [5, 5.41) is 3.44. The molecule has 0 saturated carbocycles. The molecule has 3 rings (SSSR count). The number of nitrogens with one attached hydrogen (secondary N) is 1. The minimum atomic E-state index is -1.12. The highest BCUT2D eigenvalue weighted by Gasteiger charge is 2.40. The summed E-state index contributed by atoms with van der Waals surface area (Å²) in [4.78, 5) is 21.2. The predicted octanol–water partition coefficient (Wildman–Crippen LogP) is 2.64. The van der Waals surface area contributed by atoms with E-state index in [9.17, 15) is 4.79 Å². The van der Waals surface area contributed by atoms with Gasteiger partial charge in [-0.2, -0.15) is 0 Å². The zero-order chi connectivity index (χ0) is 22.1. The van der Waals surface area contributed by atoms with Gasteiger partial charge in [-0.05, 0) is 60.7 Å². The van der Waals surface area contributed by atoms with E-state index in [0.717, 1.165) is 17.5 Å². The Bertz CT molecular complexity index is 983. The topological polar surface area (TPSA) is 99.4 Å². The van der Waals surface area contributed by atoms with E-state index in [1.807, 2.05) is 36.4 Å². The van der Waals surface area contributed by atoms with E-state index in [1.54, 1.807) is 45.1 Å². The van der Waals surface area contributed by atoms with E-state index in [1.165, 1.54) is 0 Å². The van der Waals surface area contributed by atoms with Crippen LogP contribution < -0.4 is 20.5 Å². The van der Waals surface area contributed by atoms with Gasteiger partial charge in [-0.25, -0.2) is 0 Å². The Balaban J connectivity index is 1.94. The van der Waals surface area contributed by atoms with Gasteiger partial charge in [-0.3, -0.25) is 20.1 Å². The lowest BCUT2D eigenvalue weighted by molar-refractivity contribution is -0.125.